The summed E-state index contributed by atoms with van der Waals surface area (Å²) in [5.41, 5.74) is 0.0644. The van der Waals surface area contributed by atoms with Gasteiger partial charge in [0.25, 0.3) is 0 Å². The van der Waals surface area contributed by atoms with Crippen LogP contribution in [0.4, 0.5) is 0 Å². The van der Waals surface area contributed by atoms with Gasteiger partial charge in [-0.05, 0) is 0 Å². The Bertz CT molecular complexity index is 106. The van der Waals surface area contributed by atoms with Gasteiger partial charge in [0.05, 0.1) is 0 Å². The van der Waals surface area contributed by atoms with Crippen LogP contribution >= 0.6 is 8.25 Å². The molecule has 0 saturated carbocycles. The van der Waals surface area contributed by atoms with E-state index < -0.39 is 23.8 Å². The fraction of sp³-hybridized carbons (Fsp3) is 0.667. The van der Waals surface area contributed by atoms with Crippen LogP contribution in [0.1, 0.15) is 20.8 Å². The Labute approximate surface area is 73.0 Å². The van der Waals surface area contributed by atoms with Crippen LogP contribution in [0.2, 0.25) is 0 Å². The van der Waals surface area contributed by atoms with Crippen LogP contribution in [0.15, 0.2) is 12.3 Å². The molecule has 0 aliphatic carbocycles. The Kier molecular flexibility index (Phi) is 4.14. The predicted octanol–water partition coefficient (Wildman–Crippen LogP) is 2.71. The Morgan fingerprint density at radius 1 is 1.56 bits per heavy atom. The summed E-state index contributed by atoms with van der Waals surface area (Å²) in [5.74, 6) is 0.833. The molecule has 0 atom stereocenters. The van der Waals surface area contributed by atoms with E-state index in [-0.39, 0.29) is 5.41 Å². The topological polar surface area (TPSA) is 9.23 Å². The van der Waals surface area contributed by atoms with Gasteiger partial charge in [-0.15, -0.1) is 0 Å². The fourth-order valence-corrected chi connectivity index (χ4v) is 3.63. The van der Waals surface area contributed by atoms with Crippen LogP contribution in [-0.2, 0) is 26.4 Å². The molecular weight excluding hydrogens is 324 g/mol. The summed E-state index contributed by atoms with van der Waals surface area (Å²) < 4.78 is 5.20. The minimum absolute atomic E-state index is 0.0644. The number of allylic oxidation sites excluding steroid dienone is 1. The second-order valence-electron chi connectivity index (χ2n) is 2.93. The van der Waals surface area contributed by atoms with Crippen molar-refractivity contribution in [1.82, 2.24) is 0 Å². The molecule has 50 valence electrons. The molecule has 0 aliphatic rings. The summed E-state index contributed by atoms with van der Waals surface area (Å²) in [4.78, 5) is 0. The molecule has 0 aromatic heterocycles. The Morgan fingerprint density at radius 2 is 2.00 bits per heavy atom. The molecule has 0 aromatic rings. The molecule has 0 bridgehead atoms. The summed E-state index contributed by atoms with van der Waals surface area (Å²) >= 11 is -1.46. The predicted molar refractivity (Wildman–Crippen MR) is 35.5 cm³/mol. The number of halogens is 1. The van der Waals surface area contributed by atoms with Crippen molar-refractivity contribution in [2.45, 2.75) is 20.8 Å². The molecule has 0 amide bonds. The van der Waals surface area contributed by atoms with E-state index in [0.29, 0.717) is 0 Å². The molecule has 0 aromatic carbocycles. The first-order chi connectivity index (χ1) is 3.98. The van der Waals surface area contributed by atoms with Gasteiger partial charge < -0.3 is 0 Å². The summed E-state index contributed by atoms with van der Waals surface area (Å²) in [6.07, 6.45) is 0. The van der Waals surface area contributed by atoms with Gasteiger partial charge >= 0.3 is 73.2 Å². The normalized spacial score (nSPS) is 10.2. The van der Waals surface area contributed by atoms with Crippen molar-refractivity contribution in [1.29, 1.82) is 0 Å². The van der Waals surface area contributed by atoms with Crippen LogP contribution < -0.4 is 0 Å². The molecule has 0 fully saturated rings. The van der Waals surface area contributed by atoms with Gasteiger partial charge in [-0.2, -0.15) is 0 Å². The Hall–Kier alpha value is 0.765. The van der Waals surface area contributed by atoms with Crippen molar-refractivity contribution in [3.8, 4) is 0 Å². The van der Waals surface area contributed by atoms with Gasteiger partial charge in [0.1, 0.15) is 0 Å². The van der Waals surface area contributed by atoms with Crippen LogP contribution in [0, 0.1) is 5.41 Å². The van der Waals surface area contributed by atoms with Crippen LogP contribution in [0.5, 0.6) is 0 Å². The zero-order valence-electron chi connectivity index (χ0n) is 6.20. The van der Waals surface area contributed by atoms with Gasteiger partial charge in [-0.25, -0.2) is 0 Å². The molecule has 0 aliphatic heterocycles. The monoisotopic (exact) mass is 336 g/mol. The molecule has 0 rings (SSSR count). The van der Waals surface area contributed by atoms with Crippen LogP contribution in [-0.4, -0.2) is 0 Å². The van der Waals surface area contributed by atoms with Crippen LogP contribution in [0.25, 0.3) is 0 Å². The van der Waals surface area contributed by atoms with Crippen molar-refractivity contribution < 1.29 is 26.4 Å². The molecule has 0 heterocycles. The second-order valence-corrected chi connectivity index (χ2v) is 6.81. The van der Waals surface area contributed by atoms with Crippen molar-refractivity contribution in [3.05, 3.63) is 12.3 Å². The molecule has 1 nitrogen and oxygen atoms in total. The SMILES string of the molecule is C=C([O][Hg][Cl])C(C)(C)C. The molecular formula is C6H11ClHgO. The van der Waals surface area contributed by atoms with E-state index >= 15 is 0 Å². The standard InChI is InChI=1S/C6H12O.ClH.Hg/c1-5(7)6(2,3)4;;/h7H,1H2,2-4H3;1H;/q;;+2/p-2. The average Bonchev–Trinajstić information content (AvgIpc) is 1.64. The van der Waals surface area contributed by atoms with Gasteiger partial charge in [0.15, 0.2) is 0 Å². The second kappa shape index (κ2) is 3.82. The zero-order valence-corrected chi connectivity index (χ0v) is 12.5. The number of rotatable bonds is 2. The average molecular weight is 335 g/mol. The van der Waals surface area contributed by atoms with Crippen molar-refractivity contribution >= 4 is 8.25 Å². The third-order valence-electron chi connectivity index (χ3n) is 1.07. The van der Waals surface area contributed by atoms with Gasteiger partial charge in [0, 0.05) is 0 Å². The molecule has 0 radical (unpaired) electrons. The molecule has 0 N–H and O–H groups in total. The first kappa shape index (κ1) is 9.77. The van der Waals surface area contributed by atoms with E-state index in [4.69, 9.17) is 10.9 Å². The molecule has 3 heteroatoms. The molecule has 0 spiro atoms. The first-order valence-corrected chi connectivity index (χ1v) is 11.9. The summed E-state index contributed by atoms with van der Waals surface area (Å²) in [7, 11) is 5.54. The number of hydrogen-bond acceptors (Lipinski definition) is 1. The summed E-state index contributed by atoms with van der Waals surface area (Å²) in [6, 6.07) is 0. The van der Waals surface area contributed by atoms with Crippen LogP contribution in [0.3, 0.4) is 0 Å². The van der Waals surface area contributed by atoms with Crippen molar-refractivity contribution in [3.63, 3.8) is 0 Å². The Balaban J connectivity index is 3.74. The van der Waals surface area contributed by atoms with E-state index in [1.807, 2.05) is 0 Å². The molecule has 0 unspecified atom stereocenters. The third kappa shape index (κ3) is 4.21. The maximum absolute atomic E-state index is 5.54. The van der Waals surface area contributed by atoms with E-state index in [1.54, 1.807) is 0 Å². The van der Waals surface area contributed by atoms with E-state index in [9.17, 15) is 0 Å². The Morgan fingerprint density at radius 3 is 2.11 bits per heavy atom. The minimum atomic E-state index is -1.46. The number of hydrogen-bond donors (Lipinski definition) is 0. The molecule has 0 saturated heterocycles. The quantitative estimate of drug-likeness (QED) is 0.557. The van der Waals surface area contributed by atoms with Crippen molar-refractivity contribution in [2.24, 2.45) is 5.41 Å². The fourth-order valence-electron chi connectivity index (χ4n) is 0.282. The van der Waals surface area contributed by atoms with E-state index in [2.05, 4.69) is 27.4 Å². The van der Waals surface area contributed by atoms with Gasteiger partial charge in [0.2, 0.25) is 0 Å². The third-order valence-corrected chi connectivity index (χ3v) is 3.80. The first-order valence-electron chi connectivity index (χ1n) is 2.86. The maximum atomic E-state index is 5.54. The van der Waals surface area contributed by atoms with Gasteiger partial charge in [-0.3, -0.25) is 0 Å². The van der Waals surface area contributed by atoms with E-state index in [1.165, 1.54) is 0 Å². The summed E-state index contributed by atoms with van der Waals surface area (Å²) in [5, 5.41) is 0. The van der Waals surface area contributed by atoms with E-state index in [0.717, 1.165) is 5.76 Å². The summed E-state index contributed by atoms with van der Waals surface area (Å²) in [6.45, 7) is 9.96. The molecule has 9 heavy (non-hydrogen) atoms. The van der Waals surface area contributed by atoms with Crippen molar-refractivity contribution in [2.75, 3.05) is 0 Å². The zero-order chi connectivity index (χ0) is 7.49. The van der Waals surface area contributed by atoms with Gasteiger partial charge in [-0.1, -0.05) is 0 Å².